The molecule has 0 aliphatic rings. The zero-order chi connectivity index (χ0) is 15.8. The number of hydrogen-bond acceptors (Lipinski definition) is 3. The van der Waals surface area contributed by atoms with E-state index >= 15 is 0 Å². The highest BCUT2D eigenvalue weighted by molar-refractivity contribution is 5.75. The van der Waals surface area contributed by atoms with Crippen LogP contribution in [0.4, 0.5) is 0 Å². The number of rotatable bonds is 7. The lowest BCUT2D eigenvalue weighted by Crippen LogP contribution is -2.25. The van der Waals surface area contributed by atoms with Gasteiger partial charge in [0, 0.05) is 13.5 Å². The van der Waals surface area contributed by atoms with Gasteiger partial charge in [-0.2, -0.15) is 0 Å². The Kier molecular flexibility index (Phi) is 5.98. The van der Waals surface area contributed by atoms with Crippen molar-refractivity contribution in [1.82, 2.24) is 5.06 Å². The number of carbonyl (C=O) groups excluding carboxylic acids is 1. The molecule has 0 atom stereocenters. The van der Waals surface area contributed by atoms with Gasteiger partial charge in [0.25, 0.3) is 0 Å². The van der Waals surface area contributed by atoms with Crippen LogP contribution in [0, 0.1) is 0 Å². The number of hydroxylamine groups is 2. The number of hydrogen-bond donors (Lipinski definition) is 0. The summed E-state index contributed by atoms with van der Waals surface area (Å²) in [5.74, 6) is 0.770. The fourth-order valence-electron chi connectivity index (χ4n) is 2.04. The molecule has 0 saturated carbocycles. The number of aryl methyl sites for hydroxylation is 1. The number of ether oxygens (including phenoxy) is 1. The van der Waals surface area contributed by atoms with Crippen LogP contribution in [0.1, 0.15) is 17.5 Å². The summed E-state index contributed by atoms with van der Waals surface area (Å²) >= 11 is 0. The molecule has 0 heterocycles. The number of carbonyl (C=O) groups is 1. The van der Waals surface area contributed by atoms with Crippen LogP contribution in [0.25, 0.3) is 0 Å². The molecule has 0 aliphatic carbocycles. The first-order valence-corrected chi connectivity index (χ1v) is 7.25. The average molecular weight is 299 g/mol. The quantitative estimate of drug-likeness (QED) is 0.737. The summed E-state index contributed by atoms with van der Waals surface area (Å²) in [5, 5.41) is 1.25. The fourth-order valence-corrected chi connectivity index (χ4v) is 2.04. The van der Waals surface area contributed by atoms with Crippen molar-refractivity contribution in [3.63, 3.8) is 0 Å². The molecule has 4 nitrogen and oxygen atoms in total. The normalized spacial score (nSPS) is 10.3. The van der Waals surface area contributed by atoms with E-state index in [0.29, 0.717) is 19.4 Å². The minimum absolute atomic E-state index is 0.0434. The molecular weight excluding hydrogens is 278 g/mol. The molecule has 0 fully saturated rings. The van der Waals surface area contributed by atoms with Crippen LogP contribution in [-0.2, 0) is 22.7 Å². The van der Waals surface area contributed by atoms with Gasteiger partial charge < -0.3 is 4.74 Å². The van der Waals surface area contributed by atoms with Crippen LogP contribution in [0.5, 0.6) is 5.75 Å². The van der Waals surface area contributed by atoms with Crippen molar-refractivity contribution in [3.05, 3.63) is 65.7 Å². The van der Waals surface area contributed by atoms with Crippen molar-refractivity contribution >= 4 is 5.91 Å². The van der Waals surface area contributed by atoms with Crippen LogP contribution in [-0.4, -0.2) is 25.1 Å². The summed E-state index contributed by atoms with van der Waals surface area (Å²) in [6.45, 7) is 0.537. The summed E-state index contributed by atoms with van der Waals surface area (Å²) in [5.41, 5.74) is 2.20. The largest absolute Gasteiger partial charge is 0.489 e. The van der Waals surface area contributed by atoms with Crippen LogP contribution < -0.4 is 4.74 Å². The first kappa shape index (κ1) is 16.0. The first-order valence-electron chi connectivity index (χ1n) is 7.25. The third-order valence-electron chi connectivity index (χ3n) is 3.40. The summed E-state index contributed by atoms with van der Waals surface area (Å²) in [4.78, 5) is 16.6. The van der Waals surface area contributed by atoms with Crippen LogP contribution in [0.3, 0.4) is 0 Å². The van der Waals surface area contributed by atoms with E-state index < -0.39 is 0 Å². The predicted octanol–water partition coefficient (Wildman–Crippen LogP) is 3.22. The number of nitrogens with zero attached hydrogens (tertiary/aromatic N) is 1. The molecular formula is C18H21NO3. The maximum absolute atomic E-state index is 11.7. The molecule has 4 heteroatoms. The molecule has 2 rings (SSSR count). The van der Waals surface area contributed by atoms with Crippen LogP contribution >= 0.6 is 0 Å². The summed E-state index contributed by atoms with van der Waals surface area (Å²) in [6, 6.07) is 17.9. The lowest BCUT2D eigenvalue weighted by Gasteiger charge is -2.13. The Hall–Kier alpha value is -2.33. The molecule has 0 unspecified atom stereocenters. The van der Waals surface area contributed by atoms with Crippen molar-refractivity contribution in [2.24, 2.45) is 0 Å². The topological polar surface area (TPSA) is 38.8 Å². The first-order chi connectivity index (χ1) is 10.7. The van der Waals surface area contributed by atoms with E-state index in [0.717, 1.165) is 16.9 Å². The number of benzene rings is 2. The molecule has 22 heavy (non-hydrogen) atoms. The summed E-state index contributed by atoms with van der Waals surface area (Å²) in [7, 11) is 3.09. The monoisotopic (exact) mass is 299 g/mol. The molecule has 0 N–H and O–H groups in total. The van der Waals surface area contributed by atoms with Gasteiger partial charge in [-0.3, -0.25) is 9.63 Å². The van der Waals surface area contributed by atoms with E-state index in [9.17, 15) is 4.79 Å². The van der Waals surface area contributed by atoms with Gasteiger partial charge in [0.2, 0.25) is 5.91 Å². The van der Waals surface area contributed by atoms with E-state index in [1.54, 1.807) is 7.05 Å². The van der Waals surface area contributed by atoms with Gasteiger partial charge in [-0.05, 0) is 29.7 Å². The van der Waals surface area contributed by atoms with E-state index in [-0.39, 0.29) is 5.91 Å². The standard InChI is InChI=1S/C18H21NO3/c1-19(21-2)18(20)12-11-15-9-6-10-17(13-15)22-14-16-7-4-3-5-8-16/h3-10,13H,11-12,14H2,1-2H3. The average Bonchev–Trinajstić information content (AvgIpc) is 2.58. The second-order valence-electron chi connectivity index (χ2n) is 5.00. The van der Waals surface area contributed by atoms with Crippen LogP contribution in [0.15, 0.2) is 54.6 Å². The van der Waals surface area contributed by atoms with E-state index in [1.165, 1.54) is 12.2 Å². The lowest BCUT2D eigenvalue weighted by atomic mass is 10.1. The van der Waals surface area contributed by atoms with Crippen molar-refractivity contribution in [1.29, 1.82) is 0 Å². The zero-order valence-electron chi connectivity index (χ0n) is 13.0. The minimum Gasteiger partial charge on any atom is -0.489 e. The SMILES string of the molecule is CON(C)C(=O)CCc1cccc(OCc2ccccc2)c1. The molecule has 0 bridgehead atoms. The highest BCUT2D eigenvalue weighted by Crippen LogP contribution is 2.16. The highest BCUT2D eigenvalue weighted by Gasteiger charge is 2.08. The zero-order valence-corrected chi connectivity index (χ0v) is 13.0. The fraction of sp³-hybridized carbons (Fsp3) is 0.278. The van der Waals surface area contributed by atoms with Crippen molar-refractivity contribution in [2.45, 2.75) is 19.4 Å². The van der Waals surface area contributed by atoms with Gasteiger partial charge >= 0.3 is 0 Å². The second kappa shape index (κ2) is 8.20. The Labute approximate surface area is 131 Å². The second-order valence-corrected chi connectivity index (χ2v) is 5.00. The Morgan fingerprint density at radius 2 is 1.77 bits per heavy atom. The summed E-state index contributed by atoms with van der Waals surface area (Å²) in [6.07, 6.45) is 1.07. The molecule has 2 aromatic carbocycles. The maximum atomic E-state index is 11.7. The molecule has 0 aliphatic heterocycles. The van der Waals surface area contributed by atoms with Crippen molar-refractivity contribution in [3.8, 4) is 5.75 Å². The van der Waals surface area contributed by atoms with Crippen molar-refractivity contribution in [2.75, 3.05) is 14.2 Å². The molecule has 116 valence electrons. The molecule has 0 saturated heterocycles. The number of amides is 1. The van der Waals surface area contributed by atoms with Gasteiger partial charge in [-0.1, -0.05) is 42.5 Å². The van der Waals surface area contributed by atoms with Gasteiger partial charge in [0.1, 0.15) is 12.4 Å². The molecule has 0 spiro atoms. The van der Waals surface area contributed by atoms with Gasteiger partial charge in [0.05, 0.1) is 7.11 Å². The smallest absolute Gasteiger partial charge is 0.246 e. The Bertz CT molecular complexity index is 598. The third-order valence-corrected chi connectivity index (χ3v) is 3.40. The predicted molar refractivity (Wildman–Crippen MR) is 85.3 cm³/mol. The van der Waals surface area contributed by atoms with Gasteiger partial charge in [-0.15, -0.1) is 0 Å². The van der Waals surface area contributed by atoms with Gasteiger partial charge in [-0.25, -0.2) is 5.06 Å². The maximum Gasteiger partial charge on any atom is 0.246 e. The lowest BCUT2D eigenvalue weighted by molar-refractivity contribution is -0.168. The van der Waals surface area contributed by atoms with Gasteiger partial charge in [0.15, 0.2) is 0 Å². The van der Waals surface area contributed by atoms with E-state index in [4.69, 9.17) is 9.57 Å². The Morgan fingerprint density at radius 3 is 2.50 bits per heavy atom. The summed E-state index contributed by atoms with van der Waals surface area (Å²) < 4.78 is 5.79. The Morgan fingerprint density at radius 1 is 1.05 bits per heavy atom. The third kappa shape index (κ3) is 4.90. The molecule has 2 aromatic rings. The minimum atomic E-state index is -0.0434. The Balaban J connectivity index is 1.88. The van der Waals surface area contributed by atoms with E-state index in [2.05, 4.69) is 0 Å². The van der Waals surface area contributed by atoms with Crippen molar-refractivity contribution < 1.29 is 14.4 Å². The molecule has 0 aromatic heterocycles. The van der Waals surface area contributed by atoms with E-state index in [1.807, 2.05) is 54.6 Å². The molecule has 1 amide bonds. The highest BCUT2D eigenvalue weighted by atomic mass is 16.7. The molecule has 0 radical (unpaired) electrons. The van der Waals surface area contributed by atoms with Crippen LogP contribution in [0.2, 0.25) is 0 Å².